The molecule has 250 valence electrons. The number of ether oxygens (including phenoxy) is 1. The molecule has 0 bridgehead atoms. The Kier molecular flexibility index (Phi) is 7.75. The van der Waals surface area contributed by atoms with Gasteiger partial charge in [-0.05, 0) is 0 Å². The normalized spacial score (nSPS) is 19.1. The van der Waals surface area contributed by atoms with Gasteiger partial charge >= 0.3 is 66.7 Å². The Morgan fingerprint density at radius 2 is 0.476 bits per heavy atom. The topological polar surface area (TPSA) is 29.6 Å². The van der Waals surface area contributed by atoms with Crippen LogP contribution in [-0.4, -0.2) is 72.3 Å². The summed E-state index contributed by atoms with van der Waals surface area (Å²) < 4.78 is 355. The average Bonchev–Trinajstić information content (AvgIpc) is 3.25. The summed E-state index contributed by atoms with van der Waals surface area (Å²) in [6, 6.07) is 0. The molecule has 1 aliphatic rings. The molecule has 1 aliphatic heterocycles. The minimum absolute atomic E-state index is 1.82. The molecule has 0 N–H and O–H groups in total. The Morgan fingerprint density at radius 1 is 0.333 bits per heavy atom. The molecule has 2 nitrogen and oxygen atoms in total. The zero-order valence-electron chi connectivity index (χ0n) is 17.6. The number of hydrogen-bond donors (Lipinski definition) is 0. The quantitative estimate of drug-likeness (QED) is 0.208. The van der Waals surface area contributed by atoms with Gasteiger partial charge in [-0.3, -0.25) is 0 Å². The van der Waals surface area contributed by atoms with Crippen LogP contribution in [0.25, 0.3) is 0 Å². The van der Waals surface area contributed by atoms with Crippen LogP contribution in [0.2, 0.25) is 0 Å². The molecule has 0 saturated carbocycles. The van der Waals surface area contributed by atoms with Crippen LogP contribution >= 0.6 is 0 Å². The molecule has 42 heavy (non-hydrogen) atoms. The molecule has 0 aromatic rings. The molecule has 28 heteroatoms. The molecule has 1 heterocycles. The number of carbonyl (C=O) groups is 1. The summed E-state index contributed by atoms with van der Waals surface area (Å²) in [7, 11) is 0. The van der Waals surface area contributed by atoms with E-state index in [-0.39, 0.29) is 0 Å². The van der Waals surface area contributed by atoms with Crippen molar-refractivity contribution in [2.75, 3.05) is 0 Å². The van der Waals surface area contributed by atoms with Crippen LogP contribution in [0.4, 0.5) is 114 Å². The number of halogens is 26. The van der Waals surface area contributed by atoms with Gasteiger partial charge in [-0.2, -0.15) is 114 Å². The molecular weight excluding hydrogens is 694 g/mol. The summed E-state index contributed by atoms with van der Waals surface area (Å²) in [5.74, 6) is -44.7. The first-order chi connectivity index (χ1) is 17.6. The molecule has 0 aliphatic carbocycles. The molecular formula is C14F26O2. The highest BCUT2D eigenvalue weighted by atomic mass is 19.5. The molecule has 0 amide bonds. The Labute approximate surface area is 208 Å². The second-order valence-electron chi connectivity index (χ2n) is 7.85. The fourth-order valence-electron chi connectivity index (χ4n) is 4.09. The molecule has 1 saturated heterocycles. The van der Waals surface area contributed by atoms with Gasteiger partial charge in [0.05, 0.1) is 0 Å². The van der Waals surface area contributed by atoms with E-state index in [1.54, 1.807) is 0 Å². The lowest BCUT2D eigenvalue weighted by atomic mass is 9.50. The van der Waals surface area contributed by atoms with Crippen molar-refractivity contribution in [3.8, 4) is 0 Å². The van der Waals surface area contributed by atoms with Crippen LogP contribution in [-0.2, 0) is 9.53 Å². The van der Waals surface area contributed by atoms with Crippen molar-refractivity contribution in [2.24, 2.45) is 10.8 Å². The zero-order chi connectivity index (χ0) is 34.8. The van der Waals surface area contributed by atoms with E-state index in [9.17, 15) is 119 Å². The fraction of sp³-hybridized carbons (Fsp3) is 0.929. The van der Waals surface area contributed by atoms with Crippen LogP contribution in [0.15, 0.2) is 0 Å². The van der Waals surface area contributed by atoms with E-state index in [1.807, 2.05) is 4.74 Å². The monoisotopic (exact) mass is 694 g/mol. The highest BCUT2D eigenvalue weighted by Gasteiger charge is 3.15. The van der Waals surface area contributed by atoms with Crippen LogP contribution in [0.1, 0.15) is 0 Å². The molecule has 0 spiro atoms. The van der Waals surface area contributed by atoms with Crippen LogP contribution < -0.4 is 0 Å². The van der Waals surface area contributed by atoms with Crippen molar-refractivity contribution in [1.82, 2.24) is 0 Å². The summed E-state index contributed by atoms with van der Waals surface area (Å²) in [5.41, 5.74) is -29.6. The number of hydrogen-bond acceptors (Lipinski definition) is 2. The van der Waals surface area contributed by atoms with Gasteiger partial charge in [0.25, 0.3) is 16.4 Å². The first-order valence-corrected chi connectivity index (χ1v) is 8.78. The van der Waals surface area contributed by atoms with Crippen molar-refractivity contribution in [3.63, 3.8) is 0 Å². The van der Waals surface area contributed by atoms with Gasteiger partial charge in [0.2, 0.25) is 0 Å². The van der Waals surface area contributed by atoms with Crippen molar-refractivity contribution >= 4 is 5.97 Å². The highest BCUT2D eigenvalue weighted by Crippen LogP contribution is 2.84. The van der Waals surface area contributed by atoms with Crippen molar-refractivity contribution in [2.45, 2.75) is 66.3 Å². The molecule has 0 aromatic carbocycles. The maximum absolute atomic E-state index is 14.3. The third-order valence-corrected chi connectivity index (χ3v) is 5.71. The molecule has 0 radical (unpaired) electrons. The largest absolute Gasteiger partial charge is 0.454 e. The highest BCUT2D eigenvalue weighted by molar-refractivity contribution is 5.97. The van der Waals surface area contributed by atoms with E-state index in [4.69, 9.17) is 0 Å². The lowest BCUT2D eigenvalue weighted by molar-refractivity contribution is -0.527. The van der Waals surface area contributed by atoms with Crippen molar-refractivity contribution in [1.29, 1.82) is 0 Å². The van der Waals surface area contributed by atoms with Crippen LogP contribution in [0.5, 0.6) is 0 Å². The van der Waals surface area contributed by atoms with E-state index >= 15 is 0 Å². The van der Waals surface area contributed by atoms with E-state index in [2.05, 4.69) is 0 Å². The lowest BCUT2D eigenvalue weighted by Gasteiger charge is -2.55. The van der Waals surface area contributed by atoms with E-state index in [0.29, 0.717) is 0 Å². The standard InChI is InChI=1S/C14F26O2/c15-5(16,11(29,30)31)3(9(23,24)25,6(17,18)12(32,33)34)2(1(41)42-2)4(10(26,27)28,7(19,20)13(35,36)37)8(21,22)14(38,39)40. The van der Waals surface area contributed by atoms with Gasteiger partial charge in [-0.25, -0.2) is 4.79 Å². The summed E-state index contributed by atoms with van der Waals surface area (Å²) in [6.07, 6.45) is -55.7. The van der Waals surface area contributed by atoms with Gasteiger partial charge < -0.3 is 4.74 Å². The average molecular weight is 694 g/mol. The third-order valence-electron chi connectivity index (χ3n) is 5.71. The minimum Gasteiger partial charge on any atom is -0.441 e. The van der Waals surface area contributed by atoms with Crippen molar-refractivity contribution < 1.29 is 124 Å². The van der Waals surface area contributed by atoms with Gasteiger partial charge in [-0.1, -0.05) is 0 Å². The van der Waals surface area contributed by atoms with Gasteiger partial charge in [0.15, 0.2) is 0 Å². The summed E-state index contributed by atoms with van der Waals surface area (Å²) in [5, 5.41) is 0. The smallest absolute Gasteiger partial charge is 0.441 e. The summed E-state index contributed by atoms with van der Waals surface area (Å²) >= 11 is 0. The second-order valence-corrected chi connectivity index (χ2v) is 7.85. The van der Waals surface area contributed by atoms with E-state index in [0.717, 1.165) is 0 Å². The van der Waals surface area contributed by atoms with Crippen LogP contribution in [0.3, 0.4) is 0 Å². The van der Waals surface area contributed by atoms with E-state index < -0.39 is 83.1 Å². The predicted molar refractivity (Wildman–Crippen MR) is 69.8 cm³/mol. The van der Waals surface area contributed by atoms with Gasteiger partial charge in [0, 0.05) is 0 Å². The van der Waals surface area contributed by atoms with Crippen LogP contribution in [0, 0.1) is 10.8 Å². The second kappa shape index (κ2) is 8.64. The van der Waals surface area contributed by atoms with E-state index in [1.165, 1.54) is 0 Å². The van der Waals surface area contributed by atoms with Gasteiger partial charge in [0.1, 0.15) is 0 Å². The number of rotatable bonds is 6. The number of alkyl halides is 26. The molecule has 0 atom stereocenters. The molecule has 0 aromatic heterocycles. The maximum Gasteiger partial charge on any atom is 0.454 e. The predicted octanol–water partition coefficient (Wildman–Crippen LogP) is 8.17. The molecule has 0 unspecified atom stereocenters. The first-order valence-electron chi connectivity index (χ1n) is 8.78. The summed E-state index contributed by atoms with van der Waals surface area (Å²) in [6.45, 7) is 0. The van der Waals surface area contributed by atoms with Crippen molar-refractivity contribution in [3.05, 3.63) is 0 Å². The van der Waals surface area contributed by atoms with Gasteiger partial charge in [-0.15, -0.1) is 0 Å². The molecule has 1 rings (SSSR count). The Bertz CT molecular complexity index is 930. The Morgan fingerprint density at radius 3 is 0.548 bits per heavy atom. The fourth-order valence-corrected chi connectivity index (χ4v) is 4.09. The zero-order valence-corrected chi connectivity index (χ0v) is 17.6. The first kappa shape index (κ1) is 37.7. The Balaban J connectivity index is 5.26. The molecule has 1 fully saturated rings. The maximum atomic E-state index is 14.3. The summed E-state index contributed by atoms with van der Waals surface area (Å²) in [4.78, 5) is 11.5. The number of carbonyl (C=O) groups excluding carboxylic acids is 1. The third kappa shape index (κ3) is 3.85. The Hall–Kier alpha value is -2.35. The number of epoxide rings is 1. The number of cyclic esters (lactones) is 1. The minimum atomic E-state index is -10.2. The SMILES string of the molecule is O=C1OC1(C(C(F)(F)F)(C(F)(F)C(F)(F)F)C(F)(F)C(F)(F)F)C(C(F)(F)F)(C(F)(F)C(F)(F)F)C(F)(F)C(F)(F)F. The lowest BCUT2D eigenvalue weighted by Crippen LogP contribution is -2.87.